The summed E-state index contributed by atoms with van der Waals surface area (Å²) in [6.07, 6.45) is 0. The number of rotatable bonds is 7. The summed E-state index contributed by atoms with van der Waals surface area (Å²) in [5.74, 6) is -0.0101. The van der Waals surface area contributed by atoms with Crippen LogP contribution in [0.2, 0.25) is 0 Å². The van der Waals surface area contributed by atoms with Crippen LogP contribution in [0.5, 0.6) is 11.5 Å². The lowest BCUT2D eigenvalue weighted by Gasteiger charge is -2.20. The molecule has 2 aromatic rings. The number of aliphatic hydroxyl groups is 1. The molecule has 0 fully saturated rings. The van der Waals surface area contributed by atoms with Crippen molar-refractivity contribution in [2.24, 2.45) is 0 Å². The standard InChI is InChI=1S/C19H19BrN2O6/c20-13-9-16-17(27-8-7-26-16)10-15(13)22-18(24)11-28-19(25)12-3-1-2-4-14(12)21-5-6-23/h1-4,9-10,21,23H,5-8,11H2,(H,22,24). The minimum absolute atomic E-state index is 0.0732. The van der Waals surface area contributed by atoms with E-state index in [1.54, 1.807) is 36.4 Å². The smallest absolute Gasteiger partial charge is 0.340 e. The lowest BCUT2D eigenvalue weighted by Crippen LogP contribution is -2.22. The fourth-order valence-corrected chi connectivity index (χ4v) is 2.98. The fourth-order valence-electron chi connectivity index (χ4n) is 2.56. The van der Waals surface area contributed by atoms with Crippen molar-refractivity contribution in [1.29, 1.82) is 0 Å². The Kier molecular flexibility index (Phi) is 6.72. The Bertz CT molecular complexity index is 873. The largest absolute Gasteiger partial charge is 0.486 e. The molecule has 1 aliphatic heterocycles. The molecule has 0 unspecified atom stereocenters. The number of ether oxygens (including phenoxy) is 3. The number of carbonyl (C=O) groups is 2. The van der Waals surface area contributed by atoms with Crippen LogP contribution in [-0.2, 0) is 9.53 Å². The van der Waals surface area contributed by atoms with Gasteiger partial charge < -0.3 is 30.0 Å². The van der Waals surface area contributed by atoms with E-state index >= 15 is 0 Å². The zero-order valence-corrected chi connectivity index (χ0v) is 16.5. The van der Waals surface area contributed by atoms with Gasteiger partial charge in [0, 0.05) is 28.8 Å². The fraction of sp³-hybridized carbons (Fsp3) is 0.263. The second-order valence-corrected chi connectivity index (χ2v) is 6.65. The number of nitrogens with one attached hydrogen (secondary N) is 2. The average molecular weight is 451 g/mol. The normalized spacial score (nSPS) is 12.2. The highest BCUT2D eigenvalue weighted by Gasteiger charge is 2.18. The average Bonchev–Trinajstić information content (AvgIpc) is 2.71. The molecule has 0 radical (unpaired) electrons. The van der Waals surface area contributed by atoms with Gasteiger partial charge >= 0.3 is 5.97 Å². The van der Waals surface area contributed by atoms with Gasteiger partial charge in [-0.3, -0.25) is 4.79 Å². The van der Waals surface area contributed by atoms with Crippen LogP contribution in [-0.4, -0.2) is 50.0 Å². The number of carbonyl (C=O) groups excluding carboxylic acids is 2. The van der Waals surface area contributed by atoms with E-state index in [1.807, 2.05) is 0 Å². The van der Waals surface area contributed by atoms with Crippen LogP contribution < -0.4 is 20.1 Å². The Morgan fingerprint density at radius 3 is 2.57 bits per heavy atom. The molecule has 0 atom stereocenters. The molecule has 3 rings (SSSR count). The van der Waals surface area contributed by atoms with Crippen LogP contribution in [0.15, 0.2) is 40.9 Å². The number of anilines is 2. The third-order valence-electron chi connectivity index (χ3n) is 3.81. The van der Waals surface area contributed by atoms with Gasteiger partial charge in [0.25, 0.3) is 5.91 Å². The van der Waals surface area contributed by atoms with Gasteiger partial charge in [0.2, 0.25) is 0 Å². The Balaban J connectivity index is 1.60. The third-order valence-corrected chi connectivity index (χ3v) is 4.47. The number of fused-ring (bicyclic) bond motifs is 1. The summed E-state index contributed by atoms with van der Waals surface area (Å²) in [4.78, 5) is 24.5. The molecule has 1 heterocycles. The topological polar surface area (TPSA) is 106 Å². The zero-order valence-electron chi connectivity index (χ0n) is 14.9. The molecule has 0 aromatic heterocycles. The van der Waals surface area contributed by atoms with Gasteiger partial charge in [-0.1, -0.05) is 12.1 Å². The van der Waals surface area contributed by atoms with Crippen LogP contribution in [0, 0.1) is 0 Å². The Labute approximate surface area is 169 Å². The predicted molar refractivity (Wildman–Crippen MR) is 106 cm³/mol. The SMILES string of the molecule is O=C(COC(=O)c1ccccc1NCCO)Nc1cc2c(cc1Br)OCCO2. The van der Waals surface area contributed by atoms with Gasteiger partial charge in [0.15, 0.2) is 18.1 Å². The summed E-state index contributed by atoms with van der Waals surface area (Å²) in [7, 11) is 0. The van der Waals surface area contributed by atoms with Crippen LogP contribution in [0.3, 0.4) is 0 Å². The van der Waals surface area contributed by atoms with E-state index in [-0.39, 0.29) is 12.2 Å². The first kappa shape index (κ1) is 20.0. The Hall–Kier alpha value is -2.78. The number of halogens is 1. The maximum absolute atomic E-state index is 12.3. The van der Waals surface area contributed by atoms with Gasteiger partial charge in [-0.05, 0) is 28.1 Å². The van der Waals surface area contributed by atoms with Crippen molar-refractivity contribution < 1.29 is 28.9 Å². The second kappa shape index (κ2) is 9.43. The summed E-state index contributed by atoms with van der Waals surface area (Å²) >= 11 is 3.37. The highest BCUT2D eigenvalue weighted by atomic mass is 79.9. The highest BCUT2D eigenvalue weighted by Crippen LogP contribution is 2.38. The van der Waals surface area contributed by atoms with Gasteiger partial charge in [-0.15, -0.1) is 0 Å². The first-order valence-corrected chi connectivity index (χ1v) is 9.37. The molecular weight excluding hydrogens is 432 g/mol. The van der Waals surface area contributed by atoms with Crippen molar-refractivity contribution in [3.63, 3.8) is 0 Å². The second-order valence-electron chi connectivity index (χ2n) is 5.80. The van der Waals surface area contributed by atoms with E-state index in [1.165, 1.54) is 0 Å². The molecule has 9 heteroatoms. The van der Waals surface area contributed by atoms with Crippen molar-refractivity contribution in [1.82, 2.24) is 0 Å². The lowest BCUT2D eigenvalue weighted by molar-refractivity contribution is -0.119. The number of benzene rings is 2. The minimum atomic E-state index is -0.641. The van der Waals surface area contributed by atoms with E-state index in [0.29, 0.717) is 47.1 Å². The first-order valence-electron chi connectivity index (χ1n) is 8.58. The quantitative estimate of drug-likeness (QED) is 0.556. The zero-order chi connectivity index (χ0) is 19.9. The van der Waals surface area contributed by atoms with E-state index < -0.39 is 18.5 Å². The minimum Gasteiger partial charge on any atom is -0.486 e. The molecule has 2 aromatic carbocycles. The Morgan fingerprint density at radius 1 is 1.11 bits per heavy atom. The lowest BCUT2D eigenvalue weighted by atomic mass is 10.2. The molecule has 28 heavy (non-hydrogen) atoms. The molecule has 1 aliphatic rings. The number of hydrogen-bond acceptors (Lipinski definition) is 7. The summed E-state index contributed by atoms with van der Waals surface area (Å²) in [5, 5.41) is 14.5. The van der Waals surface area contributed by atoms with E-state index in [0.717, 1.165) is 0 Å². The number of para-hydroxylation sites is 1. The van der Waals surface area contributed by atoms with Crippen LogP contribution in [0.25, 0.3) is 0 Å². The van der Waals surface area contributed by atoms with Gasteiger partial charge in [0.1, 0.15) is 13.2 Å². The number of aliphatic hydroxyl groups excluding tert-OH is 1. The van der Waals surface area contributed by atoms with Gasteiger partial charge in [-0.2, -0.15) is 0 Å². The summed E-state index contributed by atoms with van der Waals surface area (Å²) < 4.78 is 16.7. The highest BCUT2D eigenvalue weighted by molar-refractivity contribution is 9.10. The number of amides is 1. The molecule has 0 saturated heterocycles. The first-order chi connectivity index (χ1) is 13.6. The maximum atomic E-state index is 12.3. The van der Waals surface area contributed by atoms with Crippen molar-refractivity contribution in [2.45, 2.75) is 0 Å². The van der Waals surface area contributed by atoms with Crippen LogP contribution >= 0.6 is 15.9 Å². The third kappa shape index (κ3) is 4.93. The summed E-state index contributed by atoms with van der Waals surface area (Å²) in [6.45, 7) is 0.673. The molecule has 8 nitrogen and oxygen atoms in total. The van der Waals surface area contributed by atoms with E-state index in [2.05, 4.69) is 26.6 Å². The van der Waals surface area contributed by atoms with Gasteiger partial charge in [-0.25, -0.2) is 4.79 Å². The predicted octanol–water partition coefficient (Wildman–Crippen LogP) is 2.42. The molecule has 0 bridgehead atoms. The molecule has 0 spiro atoms. The summed E-state index contributed by atoms with van der Waals surface area (Å²) in [6, 6.07) is 10.1. The number of esters is 1. The number of hydrogen-bond donors (Lipinski definition) is 3. The Morgan fingerprint density at radius 2 is 1.82 bits per heavy atom. The van der Waals surface area contributed by atoms with Crippen LogP contribution in [0.4, 0.5) is 11.4 Å². The molecule has 0 aliphatic carbocycles. The molecule has 0 saturated carbocycles. The van der Waals surface area contributed by atoms with E-state index in [9.17, 15) is 9.59 Å². The van der Waals surface area contributed by atoms with E-state index in [4.69, 9.17) is 19.3 Å². The van der Waals surface area contributed by atoms with Crippen molar-refractivity contribution in [2.75, 3.05) is 43.6 Å². The molecule has 1 amide bonds. The summed E-state index contributed by atoms with van der Waals surface area (Å²) in [5.41, 5.74) is 1.29. The molecular formula is C19H19BrN2O6. The van der Waals surface area contributed by atoms with Crippen LogP contribution in [0.1, 0.15) is 10.4 Å². The van der Waals surface area contributed by atoms with Crippen molar-refractivity contribution in [3.05, 3.63) is 46.4 Å². The monoisotopic (exact) mass is 450 g/mol. The molecule has 148 valence electrons. The van der Waals surface area contributed by atoms with Gasteiger partial charge in [0.05, 0.1) is 17.9 Å². The van der Waals surface area contributed by atoms with Crippen molar-refractivity contribution in [3.8, 4) is 11.5 Å². The maximum Gasteiger partial charge on any atom is 0.340 e. The van der Waals surface area contributed by atoms with Crippen molar-refractivity contribution >= 4 is 39.2 Å². The molecule has 3 N–H and O–H groups in total.